The van der Waals surface area contributed by atoms with Crippen molar-refractivity contribution in [1.29, 1.82) is 0 Å². The molecular weight excluding hydrogens is 272 g/mol. The topological polar surface area (TPSA) is 24.1 Å². The van der Waals surface area contributed by atoms with E-state index in [1.54, 1.807) is 0 Å². The van der Waals surface area contributed by atoms with Gasteiger partial charge in [0, 0.05) is 0 Å². The number of rotatable bonds is 0. The lowest BCUT2D eigenvalue weighted by Crippen LogP contribution is -2.42. The van der Waals surface area contributed by atoms with Crippen molar-refractivity contribution in [1.82, 2.24) is 10.6 Å². The minimum Gasteiger partial charge on any atom is -0.343 e. The first-order valence-electron chi connectivity index (χ1n) is 6.06. The van der Waals surface area contributed by atoms with Gasteiger partial charge in [-0.25, -0.2) is 0 Å². The molecule has 1 saturated heterocycles. The monoisotopic (exact) mass is 282 g/mol. The Morgan fingerprint density at radius 2 is 1.32 bits per heavy atom. The molecule has 0 atom stereocenters. The van der Waals surface area contributed by atoms with E-state index in [0.29, 0.717) is 5.11 Å². The molecule has 1 aliphatic heterocycles. The van der Waals surface area contributed by atoms with Gasteiger partial charge in [-0.3, -0.25) is 0 Å². The largest absolute Gasteiger partial charge is 0.343 e. The summed E-state index contributed by atoms with van der Waals surface area (Å²) in [6.07, 6.45) is 0. The molecule has 2 N–H and O–H groups in total. The highest BCUT2D eigenvalue weighted by atomic mass is 32.1. The second-order valence-corrected chi connectivity index (χ2v) is 5.57. The molecule has 0 radical (unpaired) electrons. The highest BCUT2D eigenvalue weighted by Gasteiger charge is 2.50. The Bertz CT molecular complexity index is 691. The standard InChI is InChI=1S/C15H10N2S2/c18-13-15(17-14(19)16-13)11-7-3-1-5-9(11)10-6-2-4-8-12(10)15/h1-8H,(H2,16,17,18,19). The minimum atomic E-state index is -0.487. The Morgan fingerprint density at radius 3 is 1.79 bits per heavy atom. The van der Waals surface area contributed by atoms with Crippen LogP contribution in [-0.2, 0) is 5.54 Å². The SMILES string of the molecule is S=C1NC(=S)C2(N1)c1ccccc1-c1ccccc12. The van der Waals surface area contributed by atoms with Crippen LogP contribution in [0.15, 0.2) is 48.5 Å². The molecule has 0 bridgehead atoms. The average molecular weight is 282 g/mol. The number of nitrogens with one attached hydrogen (secondary N) is 2. The van der Waals surface area contributed by atoms with Gasteiger partial charge in [-0.2, -0.15) is 0 Å². The smallest absolute Gasteiger partial charge is 0.172 e. The highest BCUT2D eigenvalue weighted by molar-refractivity contribution is 7.82. The molecule has 2 nitrogen and oxygen atoms in total. The van der Waals surface area contributed by atoms with Crippen molar-refractivity contribution in [2.24, 2.45) is 0 Å². The third-order valence-electron chi connectivity index (χ3n) is 3.82. The number of hydrogen-bond acceptors (Lipinski definition) is 2. The Hall–Kier alpha value is -1.78. The van der Waals surface area contributed by atoms with E-state index in [2.05, 4.69) is 47.0 Å². The number of thiocarbonyl (C=S) groups is 2. The zero-order valence-electron chi connectivity index (χ0n) is 9.94. The van der Waals surface area contributed by atoms with Crippen LogP contribution < -0.4 is 10.6 Å². The number of hydrogen-bond donors (Lipinski definition) is 2. The van der Waals surface area contributed by atoms with E-state index in [-0.39, 0.29) is 0 Å². The van der Waals surface area contributed by atoms with Gasteiger partial charge in [0.25, 0.3) is 0 Å². The van der Waals surface area contributed by atoms with Crippen LogP contribution in [0.25, 0.3) is 11.1 Å². The fourth-order valence-corrected chi connectivity index (χ4v) is 3.76. The first-order valence-corrected chi connectivity index (χ1v) is 6.88. The predicted octanol–water partition coefficient (Wildman–Crippen LogP) is 2.72. The fourth-order valence-electron chi connectivity index (χ4n) is 3.07. The van der Waals surface area contributed by atoms with E-state index in [0.717, 1.165) is 4.99 Å². The average Bonchev–Trinajstić information content (AvgIpc) is 2.89. The molecule has 2 aromatic carbocycles. The van der Waals surface area contributed by atoms with Crippen molar-refractivity contribution in [3.05, 3.63) is 59.7 Å². The van der Waals surface area contributed by atoms with Gasteiger partial charge in [0.1, 0.15) is 10.5 Å². The van der Waals surface area contributed by atoms with Crippen molar-refractivity contribution in [3.63, 3.8) is 0 Å². The highest BCUT2D eigenvalue weighted by Crippen LogP contribution is 2.48. The molecule has 19 heavy (non-hydrogen) atoms. The van der Waals surface area contributed by atoms with Crippen molar-refractivity contribution in [3.8, 4) is 11.1 Å². The second kappa shape index (κ2) is 3.62. The molecule has 2 aromatic rings. The fraction of sp³-hybridized carbons (Fsp3) is 0.0667. The molecule has 0 saturated carbocycles. The summed E-state index contributed by atoms with van der Waals surface area (Å²) < 4.78 is 0. The second-order valence-electron chi connectivity index (χ2n) is 4.75. The molecule has 1 spiro atoms. The van der Waals surface area contributed by atoms with Crippen LogP contribution in [0.1, 0.15) is 11.1 Å². The lowest BCUT2D eigenvalue weighted by atomic mass is 9.88. The van der Waals surface area contributed by atoms with E-state index in [1.807, 2.05) is 12.1 Å². The first-order chi connectivity index (χ1) is 9.23. The Kier molecular flexibility index (Phi) is 2.11. The van der Waals surface area contributed by atoms with E-state index in [9.17, 15) is 0 Å². The van der Waals surface area contributed by atoms with Gasteiger partial charge in [-0.15, -0.1) is 0 Å². The minimum absolute atomic E-state index is 0.487. The van der Waals surface area contributed by atoms with Crippen LogP contribution in [0.4, 0.5) is 0 Å². The Morgan fingerprint density at radius 1 is 0.789 bits per heavy atom. The van der Waals surface area contributed by atoms with Crippen LogP contribution in [0.5, 0.6) is 0 Å². The van der Waals surface area contributed by atoms with Gasteiger partial charge in [-0.1, -0.05) is 60.7 Å². The molecule has 0 aromatic heterocycles. The maximum Gasteiger partial charge on any atom is 0.172 e. The normalized spacial score (nSPS) is 17.9. The molecule has 92 valence electrons. The predicted molar refractivity (Wildman–Crippen MR) is 84.1 cm³/mol. The van der Waals surface area contributed by atoms with E-state index >= 15 is 0 Å². The van der Waals surface area contributed by atoms with Crippen molar-refractivity contribution in [2.45, 2.75) is 5.54 Å². The summed E-state index contributed by atoms with van der Waals surface area (Å²) in [7, 11) is 0. The van der Waals surface area contributed by atoms with E-state index in [1.165, 1.54) is 22.3 Å². The summed E-state index contributed by atoms with van der Waals surface area (Å²) in [4.78, 5) is 0.731. The van der Waals surface area contributed by atoms with Crippen LogP contribution in [0, 0.1) is 0 Å². The molecule has 0 amide bonds. The first kappa shape index (κ1) is 11.1. The summed E-state index contributed by atoms with van der Waals surface area (Å²) in [5.74, 6) is 0. The molecule has 2 aliphatic rings. The summed E-state index contributed by atoms with van der Waals surface area (Å²) in [5, 5.41) is 7.05. The third-order valence-corrected chi connectivity index (χ3v) is 4.43. The van der Waals surface area contributed by atoms with Gasteiger partial charge in [0.05, 0.1) is 0 Å². The van der Waals surface area contributed by atoms with Gasteiger partial charge in [0.2, 0.25) is 0 Å². The van der Waals surface area contributed by atoms with Crippen molar-refractivity contribution in [2.75, 3.05) is 0 Å². The molecular formula is C15H10N2S2. The van der Waals surface area contributed by atoms with Crippen LogP contribution >= 0.6 is 24.4 Å². The summed E-state index contributed by atoms with van der Waals surface area (Å²) >= 11 is 10.8. The van der Waals surface area contributed by atoms with E-state index < -0.39 is 5.54 Å². The van der Waals surface area contributed by atoms with Crippen LogP contribution in [0.3, 0.4) is 0 Å². The molecule has 1 heterocycles. The lowest BCUT2D eigenvalue weighted by molar-refractivity contribution is 0.692. The van der Waals surface area contributed by atoms with Crippen molar-refractivity contribution >= 4 is 34.5 Å². The van der Waals surface area contributed by atoms with E-state index in [4.69, 9.17) is 24.4 Å². The molecule has 0 unspecified atom stereocenters. The molecule has 1 fully saturated rings. The summed E-state index contributed by atoms with van der Waals surface area (Å²) in [6, 6.07) is 16.7. The maximum atomic E-state index is 5.56. The Balaban J connectivity index is 2.13. The number of benzene rings is 2. The van der Waals surface area contributed by atoms with Gasteiger partial charge < -0.3 is 10.6 Å². The lowest BCUT2D eigenvalue weighted by Gasteiger charge is -2.25. The maximum absolute atomic E-state index is 5.56. The zero-order chi connectivity index (χ0) is 13.0. The Labute approximate surface area is 121 Å². The quantitative estimate of drug-likeness (QED) is 0.726. The van der Waals surface area contributed by atoms with Crippen molar-refractivity contribution < 1.29 is 0 Å². The summed E-state index contributed by atoms with van der Waals surface area (Å²) in [6.45, 7) is 0. The van der Waals surface area contributed by atoms with Gasteiger partial charge in [0.15, 0.2) is 5.11 Å². The van der Waals surface area contributed by atoms with Gasteiger partial charge in [-0.05, 0) is 34.5 Å². The van der Waals surface area contributed by atoms with Gasteiger partial charge >= 0.3 is 0 Å². The summed E-state index contributed by atoms with van der Waals surface area (Å²) in [5.41, 5.74) is 4.31. The van der Waals surface area contributed by atoms with Crippen LogP contribution in [-0.4, -0.2) is 10.1 Å². The molecule has 1 aliphatic carbocycles. The number of fused-ring (bicyclic) bond motifs is 5. The van der Waals surface area contributed by atoms with Crippen LogP contribution in [0.2, 0.25) is 0 Å². The zero-order valence-corrected chi connectivity index (χ0v) is 11.6. The third kappa shape index (κ3) is 1.25. The molecule has 4 heteroatoms. The molecule has 4 rings (SSSR count).